The van der Waals surface area contributed by atoms with Gasteiger partial charge < -0.3 is 15.2 Å². The summed E-state index contributed by atoms with van der Waals surface area (Å²) >= 11 is 6.10. The molecule has 0 aliphatic carbocycles. The number of aryl methyl sites for hydroxylation is 1. The zero-order chi connectivity index (χ0) is 17.3. The first kappa shape index (κ1) is 16.9. The Kier molecular flexibility index (Phi) is 4.87. The first-order valence-corrected chi connectivity index (χ1v) is 8.29. The summed E-state index contributed by atoms with van der Waals surface area (Å²) in [7, 11) is 0. The number of piperidine rings is 1. The van der Waals surface area contributed by atoms with Crippen LogP contribution in [0.4, 0.5) is 4.39 Å². The summed E-state index contributed by atoms with van der Waals surface area (Å²) in [5.41, 5.74) is 0.446. The highest BCUT2D eigenvalue weighted by molar-refractivity contribution is 6.33. The molecule has 24 heavy (non-hydrogen) atoms. The molecule has 2 unspecified atom stereocenters. The summed E-state index contributed by atoms with van der Waals surface area (Å²) in [5, 5.41) is 10.4. The molecule has 1 aromatic heterocycles. The van der Waals surface area contributed by atoms with E-state index in [1.807, 2.05) is 0 Å². The lowest BCUT2D eigenvalue weighted by molar-refractivity contribution is 0.0913. The largest absolute Gasteiger partial charge is 0.360 e. The molecule has 1 saturated heterocycles. The van der Waals surface area contributed by atoms with Crippen LogP contribution in [-0.4, -0.2) is 30.2 Å². The van der Waals surface area contributed by atoms with Crippen LogP contribution in [0.15, 0.2) is 22.7 Å². The molecule has 1 amide bonds. The number of carbonyl (C=O) groups is 1. The molecule has 2 atom stereocenters. The van der Waals surface area contributed by atoms with Gasteiger partial charge in [0.05, 0.1) is 10.6 Å². The van der Waals surface area contributed by atoms with Crippen molar-refractivity contribution in [1.82, 2.24) is 15.8 Å². The maximum atomic E-state index is 14.2. The van der Waals surface area contributed by atoms with Crippen LogP contribution in [0.1, 0.15) is 29.5 Å². The van der Waals surface area contributed by atoms with Crippen molar-refractivity contribution in [3.63, 3.8) is 0 Å². The van der Waals surface area contributed by atoms with Gasteiger partial charge >= 0.3 is 0 Å². The first-order chi connectivity index (χ1) is 11.5. The normalized spacial score (nSPS) is 20.8. The number of benzene rings is 1. The summed E-state index contributed by atoms with van der Waals surface area (Å²) in [4.78, 5) is 12.8. The third-order valence-corrected chi connectivity index (χ3v) is 4.71. The van der Waals surface area contributed by atoms with Gasteiger partial charge in [-0.05, 0) is 44.5 Å². The van der Waals surface area contributed by atoms with Crippen molar-refractivity contribution in [2.24, 2.45) is 5.92 Å². The molecule has 1 aromatic carbocycles. The molecule has 7 heteroatoms. The number of hydrogen-bond donors (Lipinski definition) is 2. The van der Waals surface area contributed by atoms with Crippen molar-refractivity contribution in [3.05, 3.63) is 40.4 Å². The number of hydrogen-bond acceptors (Lipinski definition) is 4. The molecule has 0 radical (unpaired) electrons. The van der Waals surface area contributed by atoms with Gasteiger partial charge in [0.25, 0.3) is 5.91 Å². The van der Waals surface area contributed by atoms with E-state index in [0.29, 0.717) is 11.7 Å². The van der Waals surface area contributed by atoms with E-state index in [2.05, 4.69) is 22.7 Å². The predicted octanol–water partition coefficient (Wildman–Crippen LogP) is 3.17. The summed E-state index contributed by atoms with van der Waals surface area (Å²) in [5.74, 6) is -0.214. The second-order valence-electron chi connectivity index (χ2n) is 6.11. The molecule has 0 saturated carbocycles. The van der Waals surface area contributed by atoms with Crippen LogP contribution in [0.3, 0.4) is 0 Å². The zero-order valence-corrected chi connectivity index (χ0v) is 14.3. The monoisotopic (exact) mass is 351 g/mol. The number of carbonyl (C=O) groups excluding carboxylic acids is 1. The SMILES string of the molecule is Cc1onc(-c2c(F)cccc2Cl)c1C(=O)NC1CCNCC1C. The topological polar surface area (TPSA) is 67.2 Å². The van der Waals surface area contributed by atoms with E-state index in [4.69, 9.17) is 16.1 Å². The number of halogens is 2. The van der Waals surface area contributed by atoms with Crippen molar-refractivity contribution in [2.75, 3.05) is 13.1 Å². The average molecular weight is 352 g/mol. The quantitative estimate of drug-likeness (QED) is 0.891. The molecule has 1 fully saturated rings. The van der Waals surface area contributed by atoms with Gasteiger partial charge in [-0.2, -0.15) is 0 Å². The molecule has 2 N–H and O–H groups in total. The van der Waals surface area contributed by atoms with Crippen LogP contribution in [0, 0.1) is 18.7 Å². The van der Waals surface area contributed by atoms with Crippen LogP contribution in [-0.2, 0) is 0 Å². The molecule has 128 valence electrons. The Hall–Kier alpha value is -1.92. The lowest BCUT2D eigenvalue weighted by atomic mass is 9.94. The maximum Gasteiger partial charge on any atom is 0.257 e. The van der Waals surface area contributed by atoms with Gasteiger partial charge in [-0.3, -0.25) is 4.79 Å². The molecule has 0 bridgehead atoms. The average Bonchev–Trinajstić information content (AvgIpc) is 2.91. The maximum absolute atomic E-state index is 14.2. The van der Waals surface area contributed by atoms with E-state index in [1.54, 1.807) is 13.0 Å². The Morgan fingerprint density at radius 2 is 2.29 bits per heavy atom. The number of aromatic nitrogens is 1. The highest BCUT2D eigenvalue weighted by Crippen LogP contribution is 2.33. The van der Waals surface area contributed by atoms with E-state index in [0.717, 1.165) is 19.5 Å². The summed E-state index contributed by atoms with van der Waals surface area (Å²) in [6, 6.07) is 4.39. The zero-order valence-electron chi connectivity index (χ0n) is 13.5. The van der Waals surface area contributed by atoms with Gasteiger partial charge in [-0.1, -0.05) is 29.7 Å². The van der Waals surface area contributed by atoms with Gasteiger partial charge in [0, 0.05) is 6.04 Å². The van der Waals surface area contributed by atoms with Gasteiger partial charge in [0.2, 0.25) is 0 Å². The standard InChI is InChI=1S/C17H19ClFN3O2/c1-9-8-20-7-6-13(9)21-17(23)14-10(2)24-22-16(14)15-11(18)4-3-5-12(15)19/h3-5,9,13,20H,6-8H2,1-2H3,(H,21,23). The van der Waals surface area contributed by atoms with Crippen molar-refractivity contribution >= 4 is 17.5 Å². The van der Waals surface area contributed by atoms with E-state index in [9.17, 15) is 9.18 Å². The summed E-state index contributed by atoms with van der Waals surface area (Å²) in [6.07, 6.45) is 0.840. The van der Waals surface area contributed by atoms with E-state index < -0.39 is 5.82 Å². The fourth-order valence-electron chi connectivity index (χ4n) is 3.00. The molecule has 1 aliphatic heterocycles. The summed E-state index contributed by atoms with van der Waals surface area (Å²) < 4.78 is 19.4. The highest BCUT2D eigenvalue weighted by Gasteiger charge is 2.29. The second kappa shape index (κ2) is 6.91. The van der Waals surface area contributed by atoms with E-state index >= 15 is 0 Å². The predicted molar refractivity (Wildman–Crippen MR) is 89.5 cm³/mol. The van der Waals surface area contributed by atoms with Crippen molar-refractivity contribution in [3.8, 4) is 11.3 Å². The Morgan fingerprint density at radius 3 is 3.00 bits per heavy atom. The Bertz CT molecular complexity index is 742. The first-order valence-electron chi connectivity index (χ1n) is 7.91. The fraction of sp³-hybridized carbons (Fsp3) is 0.412. The van der Waals surface area contributed by atoms with Crippen LogP contribution < -0.4 is 10.6 Å². The van der Waals surface area contributed by atoms with Crippen LogP contribution in [0.5, 0.6) is 0 Å². The third-order valence-electron chi connectivity index (χ3n) is 4.39. The van der Waals surface area contributed by atoms with Crippen molar-refractivity contribution < 1.29 is 13.7 Å². The fourth-order valence-corrected chi connectivity index (χ4v) is 3.26. The Morgan fingerprint density at radius 1 is 1.50 bits per heavy atom. The number of rotatable bonds is 3. The number of nitrogens with one attached hydrogen (secondary N) is 2. The molecule has 5 nitrogen and oxygen atoms in total. The van der Waals surface area contributed by atoms with Crippen LogP contribution in [0.25, 0.3) is 11.3 Å². The molecular weight excluding hydrogens is 333 g/mol. The van der Waals surface area contributed by atoms with Gasteiger partial charge in [0.15, 0.2) is 0 Å². The lowest BCUT2D eigenvalue weighted by Gasteiger charge is -2.30. The van der Waals surface area contributed by atoms with Crippen LogP contribution >= 0.6 is 11.6 Å². The van der Waals surface area contributed by atoms with Gasteiger partial charge in [0.1, 0.15) is 22.8 Å². The lowest BCUT2D eigenvalue weighted by Crippen LogP contribution is -2.48. The van der Waals surface area contributed by atoms with Crippen molar-refractivity contribution in [2.45, 2.75) is 26.3 Å². The third kappa shape index (κ3) is 3.16. The molecule has 0 spiro atoms. The molecule has 3 rings (SSSR count). The minimum atomic E-state index is -0.542. The minimum absolute atomic E-state index is 0.0528. The van der Waals surface area contributed by atoms with Gasteiger partial charge in [-0.15, -0.1) is 0 Å². The van der Waals surface area contributed by atoms with E-state index in [-0.39, 0.29) is 33.8 Å². The van der Waals surface area contributed by atoms with Crippen LogP contribution in [0.2, 0.25) is 5.02 Å². The highest BCUT2D eigenvalue weighted by atomic mass is 35.5. The number of nitrogens with zero attached hydrogens (tertiary/aromatic N) is 1. The molecule has 2 heterocycles. The number of amides is 1. The molecular formula is C17H19ClFN3O2. The minimum Gasteiger partial charge on any atom is -0.360 e. The Balaban J connectivity index is 1.94. The molecule has 2 aromatic rings. The van der Waals surface area contributed by atoms with Gasteiger partial charge in [-0.25, -0.2) is 4.39 Å². The molecule has 1 aliphatic rings. The summed E-state index contributed by atoms with van der Waals surface area (Å²) in [6.45, 7) is 5.40. The smallest absolute Gasteiger partial charge is 0.257 e. The van der Waals surface area contributed by atoms with E-state index in [1.165, 1.54) is 12.1 Å². The van der Waals surface area contributed by atoms with Crippen molar-refractivity contribution in [1.29, 1.82) is 0 Å². The second-order valence-corrected chi connectivity index (χ2v) is 6.52. The Labute approximate surface area is 144 Å².